The van der Waals surface area contributed by atoms with Gasteiger partial charge in [0.2, 0.25) is 0 Å². The quantitative estimate of drug-likeness (QED) is 0.623. The maximum atomic E-state index is 12.6. The lowest BCUT2D eigenvalue weighted by Crippen LogP contribution is -2.28. The van der Waals surface area contributed by atoms with Gasteiger partial charge in [0.05, 0.1) is 5.56 Å². The molecule has 20 heavy (non-hydrogen) atoms. The van der Waals surface area contributed by atoms with Crippen LogP contribution in [0.1, 0.15) is 30.0 Å². The summed E-state index contributed by atoms with van der Waals surface area (Å²) in [4.78, 5) is 0. The van der Waals surface area contributed by atoms with Crippen LogP contribution in [0.15, 0.2) is 24.3 Å². The molecule has 0 radical (unpaired) electrons. The van der Waals surface area contributed by atoms with Crippen molar-refractivity contribution in [3.63, 3.8) is 0 Å². The molecule has 1 aromatic carbocycles. The summed E-state index contributed by atoms with van der Waals surface area (Å²) in [5.74, 6) is 5.31. The standard InChI is InChI=1S/C12H17F3N2O2S/c1-20(18,19)7-3-6-11(17-16)9-4-2-5-10(8-9)12(13,14)15/h2,4-5,8,11,17H,3,6-7,16H2,1H3. The van der Waals surface area contributed by atoms with E-state index in [1.165, 1.54) is 12.1 Å². The van der Waals surface area contributed by atoms with Crippen LogP contribution in [0.3, 0.4) is 0 Å². The van der Waals surface area contributed by atoms with Crippen LogP contribution in [0.5, 0.6) is 0 Å². The lowest BCUT2D eigenvalue weighted by molar-refractivity contribution is -0.137. The van der Waals surface area contributed by atoms with E-state index in [9.17, 15) is 21.6 Å². The molecule has 3 N–H and O–H groups in total. The minimum absolute atomic E-state index is 0.0237. The largest absolute Gasteiger partial charge is 0.416 e. The van der Waals surface area contributed by atoms with Crippen LogP contribution in [0.2, 0.25) is 0 Å². The third-order valence-corrected chi connectivity index (χ3v) is 3.86. The van der Waals surface area contributed by atoms with Gasteiger partial charge in [0.25, 0.3) is 0 Å². The Hall–Kier alpha value is -1.12. The summed E-state index contributed by atoms with van der Waals surface area (Å²) < 4.78 is 59.9. The van der Waals surface area contributed by atoms with E-state index >= 15 is 0 Å². The van der Waals surface area contributed by atoms with Crippen molar-refractivity contribution in [2.75, 3.05) is 12.0 Å². The Kier molecular flexibility index (Phi) is 5.55. The van der Waals surface area contributed by atoms with Gasteiger partial charge in [0.15, 0.2) is 0 Å². The highest BCUT2D eigenvalue weighted by Gasteiger charge is 2.30. The monoisotopic (exact) mass is 310 g/mol. The van der Waals surface area contributed by atoms with Crippen LogP contribution in [-0.2, 0) is 16.0 Å². The van der Waals surface area contributed by atoms with E-state index in [1.807, 2.05) is 0 Å². The van der Waals surface area contributed by atoms with Crippen LogP contribution in [0, 0.1) is 0 Å². The molecule has 114 valence electrons. The number of benzene rings is 1. The Morgan fingerprint density at radius 1 is 1.35 bits per heavy atom. The molecule has 0 bridgehead atoms. The highest BCUT2D eigenvalue weighted by atomic mass is 32.2. The van der Waals surface area contributed by atoms with Crippen molar-refractivity contribution >= 4 is 9.84 Å². The average Bonchev–Trinajstić information content (AvgIpc) is 2.32. The van der Waals surface area contributed by atoms with Crippen LogP contribution < -0.4 is 11.3 Å². The molecule has 0 fully saturated rings. The SMILES string of the molecule is CS(=O)(=O)CCCC(NN)c1cccc(C(F)(F)F)c1. The van der Waals surface area contributed by atoms with Gasteiger partial charge in [-0.2, -0.15) is 13.2 Å². The topological polar surface area (TPSA) is 72.2 Å². The van der Waals surface area contributed by atoms with Crippen molar-refractivity contribution in [3.05, 3.63) is 35.4 Å². The van der Waals surface area contributed by atoms with Crippen molar-refractivity contribution in [2.24, 2.45) is 5.84 Å². The van der Waals surface area contributed by atoms with Crippen LogP contribution >= 0.6 is 0 Å². The van der Waals surface area contributed by atoms with Gasteiger partial charge in [0.1, 0.15) is 9.84 Å². The zero-order valence-electron chi connectivity index (χ0n) is 10.9. The number of alkyl halides is 3. The third-order valence-electron chi connectivity index (χ3n) is 2.83. The molecule has 0 saturated carbocycles. The van der Waals surface area contributed by atoms with Crippen molar-refractivity contribution in [2.45, 2.75) is 25.1 Å². The van der Waals surface area contributed by atoms with E-state index in [0.717, 1.165) is 18.4 Å². The number of rotatable bonds is 6. The number of sulfone groups is 1. The van der Waals surface area contributed by atoms with E-state index in [4.69, 9.17) is 5.84 Å². The molecule has 8 heteroatoms. The molecule has 1 atom stereocenters. The summed E-state index contributed by atoms with van der Waals surface area (Å²) >= 11 is 0. The van der Waals surface area contributed by atoms with Gasteiger partial charge in [-0.05, 0) is 30.5 Å². The van der Waals surface area contributed by atoms with Gasteiger partial charge < -0.3 is 0 Å². The molecule has 0 aliphatic carbocycles. The van der Waals surface area contributed by atoms with Crippen molar-refractivity contribution in [1.82, 2.24) is 5.43 Å². The molecule has 0 aromatic heterocycles. The molecular weight excluding hydrogens is 293 g/mol. The normalized spacial score (nSPS) is 14.2. The van der Waals surface area contributed by atoms with Gasteiger partial charge in [-0.25, -0.2) is 8.42 Å². The van der Waals surface area contributed by atoms with E-state index in [0.29, 0.717) is 18.4 Å². The van der Waals surface area contributed by atoms with Crippen molar-refractivity contribution in [3.8, 4) is 0 Å². The van der Waals surface area contributed by atoms with Crippen LogP contribution in [-0.4, -0.2) is 20.4 Å². The fourth-order valence-corrected chi connectivity index (χ4v) is 2.52. The first-order chi connectivity index (χ1) is 9.13. The van der Waals surface area contributed by atoms with Gasteiger partial charge in [-0.15, -0.1) is 0 Å². The molecule has 0 heterocycles. The Morgan fingerprint density at radius 2 is 2.00 bits per heavy atom. The molecule has 1 aromatic rings. The second kappa shape index (κ2) is 6.55. The lowest BCUT2D eigenvalue weighted by Gasteiger charge is -2.17. The van der Waals surface area contributed by atoms with E-state index in [1.54, 1.807) is 0 Å². The number of nitrogens with two attached hydrogens (primary N) is 1. The molecule has 0 aliphatic heterocycles. The lowest BCUT2D eigenvalue weighted by atomic mass is 10.0. The van der Waals surface area contributed by atoms with Gasteiger partial charge >= 0.3 is 6.18 Å². The first kappa shape index (κ1) is 16.9. The number of nitrogens with one attached hydrogen (secondary N) is 1. The Bertz CT molecular complexity index is 544. The minimum Gasteiger partial charge on any atom is -0.271 e. The molecule has 0 saturated heterocycles. The number of hydrogen-bond donors (Lipinski definition) is 2. The zero-order valence-corrected chi connectivity index (χ0v) is 11.8. The zero-order chi connectivity index (χ0) is 15.4. The summed E-state index contributed by atoms with van der Waals surface area (Å²) in [6, 6.07) is 4.32. The van der Waals surface area contributed by atoms with Gasteiger partial charge in [-0.1, -0.05) is 12.1 Å². The smallest absolute Gasteiger partial charge is 0.271 e. The molecule has 0 amide bonds. The van der Waals surface area contributed by atoms with Crippen LogP contribution in [0.4, 0.5) is 13.2 Å². The molecule has 0 aliphatic rings. The predicted octanol–water partition coefficient (Wildman–Crippen LogP) is 2.03. The molecular formula is C12H17F3N2O2S. The predicted molar refractivity (Wildman–Crippen MR) is 70.5 cm³/mol. The second-order valence-electron chi connectivity index (χ2n) is 4.61. The summed E-state index contributed by atoms with van der Waals surface area (Å²) in [7, 11) is -3.09. The third kappa shape index (κ3) is 5.48. The Labute approximate surface area is 116 Å². The molecule has 4 nitrogen and oxygen atoms in total. The maximum Gasteiger partial charge on any atom is 0.416 e. The van der Waals surface area contributed by atoms with Gasteiger partial charge in [-0.3, -0.25) is 11.3 Å². The first-order valence-electron chi connectivity index (χ1n) is 5.94. The summed E-state index contributed by atoms with van der Waals surface area (Å²) in [6.45, 7) is 0. The molecule has 1 rings (SSSR count). The highest BCUT2D eigenvalue weighted by Crippen LogP contribution is 2.31. The highest BCUT2D eigenvalue weighted by molar-refractivity contribution is 7.90. The fourth-order valence-electron chi connectivity index (χ4n) is 1.83. The summed E-state index contributed by atoms with van der Waals surface area (Å²) in [5, 5.41) is 0. The number of hydrazine groups is 1. The summed E-state index contributed by atoms with van der Waals surface area (Å²) in [5.41, 5.74) is 2.05. The van der Waals surface area contributed by atoms with E-state index < -0.39 is 27.6 Å². The fraction of sp³-hybridized carbons (Fsp3) is 0.500. The van der Waals surface area contributed by atoms with Crippen molar-refractivity contribution < 1.29 is 21.6 Å². The van der Waals surface area contributed by atoms with E-state index in [-0.39, 0.29) is 5.75 Å². The molecule has 1 unspecified atom stereocenters. The van der Waals surface area contributed by atoms with Crippen LogP contribution in [0.25, 0.3) is 0 Å². The first-order valence-corrected chi connectivity index (χ1v) is 8.00. The maximum absolute atomic E-state index is 12.6. The Balaban J connectivity index is 2.80. The van der Waals surface area contributed by atoms with Gasteiger partial charge in [0, 0.05) is 18.1 Å². The number of hydrogen-bond acceptors (Lipinski definition) is 4. The summed E-state index contributed by atoms with van der Waals surface area (Å²) in [6.07, 6.45) is -2.64. The average molecular weight is 310 g/mol. The second-order valence-corrected chi connectivity index (χ2v) is 6.87. The minimum atomic E-state index is -4.41. The Morgan fingerprint density at radius 3 is 2.50 bits per heavy atom. The molecule has 0 spiro atoms. The number of halogens is 3. The van der Waals surface area contributed by atoms with E-state index in [2.05, 4.69) is 5.43 Å². The van der Waals surface area contributed by atoms with Crippen molar-refractivity contribution in [1.29, 1.82) is 0 Å².